The van der Waals surface area contributed by atoms with Crippen molar-refractivity contribution in [3.8, 4) is 5.75 Å². The number of ether oxygens (including phenoxy) is 2. The van der Waals surface area contributed by atoms with Crippen LogP contribution in [0.1, 0.15) is 64.7 Å². The van der Waals surface area contributed by atoms with Crippen LogP contribution in [-0.4, -0.2) is 59.6 Å². The number of amides is 3. The highest BCUT2D eigenvalue weighted by molar-refractivity contribution is 6.03. The normalized spacial score (nSPS) is 36.3. The Hall–Kier alpha value is -2.87. The second-order valence-electron chi connectivity index (χ2n) is 11.8. The van der Waals surface area contributed by atoms with Crippen molar-refractivity contribution in [1.29, 1.82) is 0 Å². The SMILES string of the molecule is COc1cccc(NC(=O)[C@H]2[C@H]3C=C[C@@]4(O3)[C@H]2C(=O)N(C2CCCCC2)[C@@H]4C(=O)N[C@@H]2CCCC[C@@H]2C)c1. The number of carbonyl (C=O) groups excluding carboxylic acids is 3. The first kappa shape index (κ1) is 25.4. The van der Waals surface area contributed by atoms with Crippen molar-refractivity contribution in [1.82, 2.24) is 10.2 Å². The number of fused-ring (bicyclic) bond motifs is 1. The molecule has 1 aromatic carbocycles. The number of nitrogens with one attached hydrogen (secondary N) is 2. The Morgan fingerprint density at radius 1 is 1.05 bits per heavy atom. The van der Waals surface area contributed by atoms with E-state index >= 15 is 0 Å². The van der Waals surface area contributed by atoms with Crippen LogP contribution in [0.3, 0.4) is 0 Å². The molecule has 7 atom stereocenters. The minimum absolute atomic E-state index is 0.00565. The Kier molecular flexibility index (Phi) is 6.70. The van der Waals surface area contributed by atoms with Gasteiger partial charge in [-0.2, -0.15) is 0 Å². The van der Waals surface area contributed by atoms with Crippen molar-refractivity contribution in [2.45, 2.75) is 94.5 Å². The van der Waals surface area contributed by atoms with Gasteiger partial charge < -0.3 is 25.0 Å². The summed E-state index contributed by atoms with van der Waals surface area (Å²) in [6.45, 7) is 2.19. The number of carbonyl (C=O) groups is 3. The second kappa shape index (κ2) is 10.0. The number of benzene rings is 1. The molecule has 2 saturated carbocycles. The Bertz CT molecular complexity index is 1130. The largest absolute Gasteiger partial charge is 0.497 e. The molecule has 0 unspecified atom stereocenters. The summed E-state index contributed by atoms with van der Waals surface area (Å²) in [5.41, 5.74) is -0.511. The number of likely N-dealkylation sites (tertiary alicyclic amines) is 1. The molecule has 5 aliphatic rings. The molecule has 0 radical (unpaired) electrons. The lowest BCUT2D eigenvalue weighted by atomic mass is 9.74. The smallest absolute Gasteiger partial charge is 0.246 e. The van der Waals surface area contributed by atoms with Crippen LogP contribution in [-0.2, 0) is 19.1 Å². The average Bonchev–Trinajstić information content (AvgIpc) is 3.58. The molecule has 2 saturated heterocycles. The van der Waals surface area contributed by atoms with E-state index in [-0.39, 0.29) is 29.8 Å². The molecule has 0 aromatic heterocycles. The van der Waals surface area contributed by atoms with Crippen molar-refractivity contribution in [3.63, 3.8) is 0 Å². The van der Waals surface area contributed by atoms with E-state index in [9.17, 15) is 14.4 Å². The summed E-state index contributed by atoms with van der Waals surface area (Å²) >= 11 is 0. The number of rotatable bonds is 6. The molecule has 2 N–H and O–H groups in total. The summed E-state index contributed by atoms with van der Waals surface area (Å²) in [6, 6.07) is 6.51. The van der Waals surface area contributed by atoms with Gasteiger partial charge in [-0.3, -0.25) is 14.4 Å². The first-order valence-corrected chi connectivity index (χ1v) is 14.4. The number of nitrogens with zero attached hydrogens (tertiary/aromatic N) is 1. The molecule has 1 aromatic rings. The molecule has 8 heteroatoms. The fraction of sp³-hybridized carbons (Fsp3) is 0.633. The summed E-state index contributed by atoms with van der Waals surface area (Å²) in [5.74, 6) is -0.897. The zero-order chi connectivity index (χ0) is 26.4. The molecule has 6 rings (SSSR count). The Balaban J connectivity index is 1.31. The molecular weight excluding hydrogens is 482 g/mol. The van der Waals surface area contributed by atoms with Gasteiger partial charge in [0, 0.05) is 23.8 Å². The van der Waals surface area contributed by atoms with Crippen LogP contribution < -0.4 is 15.4 Å². The van der Waals surface area contributed by atoms with Crippen molar-refractivity contribution in [2.24, 2.45) is 17.8 Å². The van der Waals surface area contributed by atoms with Crippen molar-refractivity contribution >= 4 is 23.4 Å². The first-order chi connectivity index (χ1) is 18.4. The molecule has 1 spiro atoms. The highest BCUT2D eigenvalue weighted by atomic mass is 16.5. The summed E-state index contributed by atoms with van der Waals surface area (Å²) in [6.07, 6.45) is 12.6. The van der Waals surface area contributed by atoms with Gasteiger partial charge in [0.1, 0.15) is 17.4 Å². The number of anilines is 1. The van der Waals surface area contributed by atoms with Gasteiger partial charge in [0.05, 0.1) is 25.0 Å². The van der Waals surface area contributed by atoms with Gasteiger partial charge in [-0.05, 0) is 43.7 Å². The van der Waals surface area contributed by atoms with E-state index < -0.39 is 29.6 Å². The Morgan fingerprint density at radius 3 is 2.58 bits per heavy atom. The van der Waals surface area contributed by atoms with E-state index in [0.29, 0.717) is 17.4 Å². The van der Waals surface area contributed by atoms with Crippen molar-refractivity contribution in [3.05, 3.63) is 36.4 Å². The lowest BCUT2D eigenvalue weighted by molar-refractivity contribution is -0.145. The minimum atomic E-state index is -1.11. The van der Waals surface area contributed by atoms with Gasteiger partial charge in [-0.15, -0.1) is 0 Å². The molecule has 2 aliphatic carbocycles. The highest BCUT2D eigenvalue weighted by Gasteiger charge is 2.73. The predicted octanol–water partition coefficient (Wildman–Crippen LogP) is 3.81. The Morgan fingerprint density at radius 2 is 1.82 bits per heavy atom. The maximum absolute atomic E-state index is 14.2. The molecule has 2 bridgehead atoms. The van der Waals surface area contributed by atoms with E-state index in [4.69, 9.17) is 9.47 Å². The van der Waals surface area contributed by atoms with Crippen LogP contribution in [0.5, 0.6) is 5.75 Å². The lowest BCUT2D eigenvalue weighted by Gasteiger charge is -2.40. The van der Waals surface area contributed by atoms with Crippen molar-refractivity contribution < 1.29 is 23.9 Å². The fourth-order valence-corrected chi connectivity index (χ4v) is 7.68. The van der Waals surface area contributed by atoms with Crippen LogP contribution in [0.25, 0.3) is 0 Å². The van der Waals surface area contributed by atoms with Gasteiger partial charge >= 0.3 is 0 Å². The molecule has 4 fully saturated rings. The number of hydrogen-bond acceptors (Lipinski definition) is 5. The zero-order valence-electron chi connectivity index (χ0n) is 22.4. The quantitative estimate of drug-likeness (QED) is 0.555. The van der Waals surface area contributed by atoms with Crippen LogP contribution in [0.15, 0.2) is 36.4 Å². The Labute approximate surface area is 224 Å². The summed E-state index contributed by atoms with van der Waals surface area (Å²) in [7, 11) is 1.58. The van der Waals surface area contributed by atoms with Gasteiger partial charge in [0.15, 0.2) is 0 Å². The first-order valence-electron chi connectivity index (χ1n) is 14.4. The molecule has 3 aliphatic heterocycles. The minimum Gasteiger partial charge on any atom is -0.497 e. The predicted molar refractivity (Wildman–Crippen MR) is 142 cm³/mol. The van der Waals surface area contributed by atoms with E-state index in [2.05, 4.69) is 17.6 Å². The summed E-state index contributed by atoms with van der Waals surface area (Å²) in [4.78, 5) is 43.8. The van der Waals surface area contributed by atoms with Gasteiger partial charge in [-0.25, -0.2) is 0 Å². The monoisotopic (exact) mass is 521 g/mol. The van der Waals surface area contributed by atoms with Gasteiger partial charge in [0.2, 0.25) is 17.7 Å². The van der Waals surface area contributed by atoms with E-state index in [1.165, 1.54) is 6.42 Å². The number of hydrogen-bond donors (Lipinski definition) is 2. The van der Waals surface area contributed by atoms with Gasteiger partial charge in [0.25, 0.3) is 0 Å². The summed E-state index contributed by atoms with van der Waals surface area (Å²) in [5, 5.41) is 6.30. The van der Waals surface area contributed by atoms with E-state index in [1.54, 1.807) is 19.2 Å². The molecule has 38 heavy (non-hydrogen) atoms. The molecular formula is C30H39N3O5. The highest BCUT2D eigenvalue weighted by Crippen LogP contribution is 2.56. The van der Waals surface area contributed by atoms with Crippen LogP contribution >= 0.6 is 0 Å². The third-order valence-electron chi connectivity index (χ3n) is 9.61. The van der Waals surface area contributed by atoms with Crippen LogP contribution in [0.4, 0.5) is 5.69 Å². The average molecular weight is 522 g/mol. The van der Waals surface area contributed by atoms with Crippen molar-refractivity contribution in [2.75, 3.05) is 12.4 Å². The van der Waals surface area contributed by atoms with Crippen LogP contribution in [0, 0.1) is 17.8 Å². The standard InChI is InChI=1S/C30H39N3O5/c1-18-9-6-7-14-22(18)32-28(35)26-30-16-15-23(38-30)24(27(34)31-19-10-8-13-21(17-19)37-2)25(30)29(36)33(26)20-11-4-3-5-12-20/h8,10,13,15-18,20,22-26H,3-7,9,11-12,14H2,1-2H3,(H,31,34)(H,32,35)/t18-,22+,23+,24-,25+,26+,30+/m0/s1. The zero-order valence-corrected chi connectivity index (χ0v) is 22.4. The third kappa shape index (κ3) is 4.12. The van der Waals surface area contributed by atoms with Crippen LogP contribution in [0.2, 0.25) is 0 Å². The second-order valence-corrected chi connectivity index (χ2v) is 11.8. The molecule has 204 valence electrons. The fourth-order valence-electron chi connectivity index (χ4n) is 7.68. The topological polar surface area (TPSA) is 97.0 Å². The maximum atomic E-state index is 14.2. The summed E-state index contributed by atoms with van der Waals surface area (Å²) < 4.78 is 11.8. The lowest BCUT2D eigenvalue weighted by Crippen LogP contribution is -2.59. The molecule has 3 amide bonds. The molecule has 8 nitrogen and oxygen atoms in total. The molecule has 3 heterocycles. The van der Waals surface area contributed by atoms with E-state index in [1.807, 2.05) is 29.2 Å². The third-order valence-corrected chi connectivity index (χ3v) is 9.61. The van der Waals surface area contributed by atoms with E-state index in [0.717, 1.165) is 51.4 Å². The maximum Gasteiger partial charge on any atom is 0.246 e. The van der Waals surface area contributed by atoms with Gasteiger partial charge in [-0.1, -0.05) is 57.2 Å². The number of methoxy groups -OCH3 is 1.